The smallest absolute Gasteiger partial charge is 0.134 e. The van der Waals surface area contributed by atoms with Gasteiger partial charge in [-0.25, -0.2) is 0 Å². The number of nitriles is 1. The van der Waals surface area contributed by atoms with Crippen LogP contribution in [0.2, 0.25) is 5.15 Å². The molecule has 0 aliphatic carbocycles. The minimum atomic E-state index is 0.449. The number of hydrogen-bond acceptors (Lipinski definition) is 3. The monoisotopic (exact) mass is 300 g/mol. The zero-order chi connectivity index (χ0) is 15.4. The lowest BCUT2D eigenvalue weighted by atomic mass is 10.1. The van der Waals surface area contributed by atoms with Gasteiger partial charge < -0.3 is 0 Å². The third kappa shape index (κ3) is 3.50. The van der Waals surface area contributed by atoms with Gasteiger partial charge in [0.25, 0.3) is 0 Å². The highest BCUT2D eigenvalue weighted by atomic mass is 35.5. The molecule has 0 aromatic carbocycles. The average Bonchev–Trinajstić information content (AvgIpc) is 2.71. The molecule has 2 rings (SSSR count). The van der Waals surface area contributed by atoms with E-state index in [2.05, 4.69) is 30.0 Å². The second-order valence-corrected chi connectivity index (χ2v) is 5.61. The van der Waals surface area contributed by atoms with E-state index in [-0.39, 0.29) is 0 Å². The number of pyridine rings is 1. The molecule has 4 nitrogen and oxygen atoms in total. The van der Waals surface area contributed by atoms with Gasteiger partial charge >= 0.3 is 0 Å². The summed E-state index contributed by atoms with van der Waals surface area (Å²) in [6, 6.07) is 7.64. The van der Waals surface area contributed by atoms with Crippen LogP contribution in [0.25, 0.3) is 11.6 Å². The summed E-state index contributed by atoms with van der Waals surface area (Å²) in [6.45, 7) is 6.86. The summed E-state index contributed by atoms with van der Waals surface area (Å²) in [5, 5.41) is 14.3. The molecule has 0 spiro atoms. The van der Waals surface area contributed by atoms with E-state index in [1.807, 2.05) is 19.1 Å². The van der Waals surface area contributed by atoms with Gasteiger partial charge in [0.2, 0.25) is 0 Å². The van der Waals surface area contributed by atoms with E-state index in [9.17, 15) is 5.26 Å². The normalized spacial score (nSPS) is 11.7. The molecule has 0 saturated carbocycles. The van der Waals surface area contributed by atoms with Crippen molar-refractivity contribution in [3.63, 3.8) is 0 Å². The summed E-state index contributed by atoms with van der Waals surface area (Å²) in [5.74, 6) is 0.449. The van der Waals surface area contributed by atoms with E-state index in [0.717, 1.165) is 17.8 Å². The fraction of sp³-hybridized carbons (Fsp3) is 0.312. The molecule has 0 bridgehead atoms. The van der Waals surface area contributed by atoms with Gasteiger partial charge in [-0.15, -0.1) is 0 Å². The SMILES string of the molecule is Cc1nn(CC(C)C)c(Cl)c1/C=C(\C#N)c1ccccn1. The van der Waals surface area contributed by atoms with Crippen LogP contribution in [0, 0.1) is 24.2 Å². The summed E-state index contributed by atoms with van der Waals surface area (Å²) < 4.78 is 1.78. The number of hydrogen-bond donors (Lipinski definition) is 0. The number of nitrogens with zero attached hydrogens (tertiary/aromatic N) is 4. The number of rotatable bonds is 4. The van der Waals surface area contributed by atoms with Crippen molar-refractivity contribution in [3.8, 4) is 6.07 Å². The third-order valence-electron chi connectivity index (χ3n) is 3.00. The molecule has 0 aliphatic heterocycles. The summed E-state index contributed by atoms with van der Waals surface area (Å²) in [5.41, 5.74) is 2.70. The molecule has 0 aliphatic rings. The van der Waals surface area contributed by atoms with Crippen LogP contribution in [0.3, 0.4) is 0 Å². The maximum atomic E-state index is 9.35. The van der Waals surface area contributed by atoms with Gasteiger partial charge in [0, 0.05) is 18.3 Å². The molecule has 2 heterocycles. The zero-order valence-electron chi connectivity index (χ0n) is 12.3. The molecule has 0 radical (unpaired) electrons. The second-order valence-electron chi connectivity index (χ2n) is 5.25. The lowest BCUT2D eigenvalue weighted by Gasteiger charge is -2.05. The number of aromatic nitrogens is 3. The molecule has 0 fully saturated rings. The van der Waals surface area contributed by atoms with Crippen LogP contribution in [0.15, 0.2) is 24.4 Å². The first-order valence-electron chi connectivity index (χ1n) is 6.79. The quantitative estimate of drug-likeness (QED) is 0.803. The highest BCUT2D eigenvalue weighted by molar-refractivity contribution is 6.31. The van der Waals surface area contributed by atoms with Crippen molar-refractivity contribution in [2.45, 2.75) is 27.3 Å². The van der Waals surface area contributed by atoms with E-state index in [1.165, 1.54) is 0 Å². The lowest BCUT2D eigenvalue weighted by molar-refractivity contribution is 0.482. The molecule has 0 atom stereocenters. The first-order chi connectivity index (χ1) is 10.0. The van der Waals surface area contributed by atoms with Crippen LogP contribution in [0.5, 0.6) is 0 Å². The molecule has 2 aromatic heterocycles. The summed E-state index contributed by atoms with van der Waals surface area (Å²) in [4.78, 5) is 4.20. The average molecular weight is 301 g/mol. The van der Waals surface area contributed by atoms with Crippen LogP contribution >= 0.6 is 11.6 Å². The first kappa shape index (κ1) is 15.3. The van der Waals surface area contributed by atoms with Crippen molar-refractivity contribution in [2.75, 3.05) is 0 Å². The van der Waals surface area contributed by atoms with Crippen LogP contribution in [-0.2, 0) is 6.54 Å². The van der Waals surface area contributed by atoms with Gasteiger partial charge in [-0.05, 0) is 31.1 Å². The van der Waals surface area contributed by atoms with Crippen molar-refractivity contribution in [3.05, 3.63) is 46.5 Å². The molecule has 0 unspecified atom stereocenters. The van der Waals surface area contributed by atoms with Crippen LogP contribution in [0.4, 0.5) is 0 Å². The zero-order valence-corrected chi connectivity index (χ0v) is 13.1. The summed E-state index contributed by atoms with van der Waals surface area (Å²) >= 11 is 6.39. The van der Waals surface area contributed by atoms with Crippen molar-refractivity contribution in [2.24, 2.45) is 5.92 Å². The fourth-order valence-corrected chi connectivity index (χ4v) is 2.33. The van der Waals surface area contributed by atoms with Gasteiger partial charge in [-0.3, -0.25) is 9.67 Å². The molecular weight excluding hydrogens is 284 g/mol. The Balaban J connectivity index is 2.45. The third-order valence-corrected chi connectivity index (χ3v) is 3.40. The molecule has 0 amide bonds. The predicted octanol–water partition coefficient (Wildman–Crippen LogP) is 3.96. The Hall–Kier alpha value is -2.12. The van der Waals surface area contributed by atoms with E-state index in [0.29, 0.717) is 22.3 Å². The van der Waals surface area contributed by atoms with E-state index in [1.54, 1.807) is 23.0 Å². The Labute approximate surface area is 129 Å². The summed E-state index contributed by atoms with van der Waals surface area (Å²) in [6.07, 6.45) is 3.42. The Morgan fingerprint density at radius 1 is 1.48 bits per heavy atom. The van der Waals surface area contributed by atoms with Crippen LogP contribution in [-0.4, -0.2) is 14.8 Å². The van der Waals surface area contributed by atoms with Gasteiger partial charge in [0.1, 0.15) is 11.2 Å². The Morgan fingerprint density at radius 2 is 2.24 bits per heavy atom. The van der Waals surface area contributed by atoms with E-state index in [4.69, 9.17) is 11.6 Å². The van der Waals surface area contributed by atoms with Gasteiger partial charge in [-0.2, -0.15) is 10.4 Å². The first-order valence-corrected chi connectivity index (χ1v) is 7.16. The Bertz CT molecular complexity index is 693. The van der Waals surface area contributed by atoms with Crippen molar-refractivity contribution in [1.29, 1.82) is 5.26 Å². The van der Waals surface area contributed by atoms with Crippen LogP contribution in [0.1, 0.15) is 30.8 Å². The highest BCUT2D eigenvalue weighted by Crippen LogP contribution is 2.25. The molecule has 0 saturated heterocycles. The van der Waals surface area contributed by atoms with E-state index < -0.39 is 0 Å². The van der Waals surface area contributed by atoms with Gasteiger partial charge in [0.15, 0.2) is 0 Å². The number of allylic oxidation sites excluding steroid dienone is 1. The maximum absolute atomic E-state index is 9.35. The maximum Gasteiger partial charge on any atom is 0.134 e. The standard InChI is InChI=1S/C16H17ClN4/c1-11(2)10-21-16(17)14(12(3)20-21)8-13(9-18)15-6-4-5-7-19-15/h4-8,11H,10H2,1-3H3/b13-8+. The Kier molecular flexibility index (Phi) is 4.77. The molecular formula is C16H17ClN4. The highest BCUT2D eigenvalue weighted by Gasteiger charge is 2.14. The fourth-order valence-electron chi connectivity index (χ4n) is 2.03. The summed E-state index contributed by atoms with van der Waals surface area (Å²) in [7, 11) is 0. The van der Waals surface area contributed by atoms with Gasteiger partial charge in [0.05, 0.1) is 17.0 Å². The van der Waals surface area contributed by atoms with E-state index >= 15 is 0 Å². The topological polar surface area (TPSA) is 54.5 Å². The Morgan fingerprint density at radius 3 is 2.81 bits per heavy atom. The molecule has 108 valence electrons. The van der Waals surface area contributed by atoms with Gasteiger partial charge in [-0.1, -0.05) is 31.5 Å². The van der Waals surface area contributed by atoms with Crippen molar-refractivity contribution >= 4 is 23.3 Å². The number of halogens is 1. The van der Waals surface area contributed by atoms with Crippen molar-refractivity contribution < 1.29 is 0 Å². The second kappa shape index (κ2) is 6.55. The molecule has 2 aromatic rings. The largest absolute Gasteiger partial charge is 0.256 e. The molecule has 5 heteroatoms. The van der Waals surface area contributed by atoms with Crippen LogP contribution < -0.4 is 0 Å². The van der Waals surface area contributed by atoms with Crippen molar-refractivity contribution in [1.82, 2.24) is 14.8 Å². The minimum Gasteiger partial charge on any atom is -0.256 e. The number of aryl methyl sites for hydroxylation is 1. The molecule has 0 N–H and O–H groups in total. The molecule has 21 heavy (non-hydrogen) atoms. The predicted molar refractivity (Wildman–Crippen MR) is 84.5 cm³/mol. The minimum absolute atomic E-state index is 0.449. The lowest BCUT2D eigenvalue weighted by Crippen LogP contribution is -2.06.